The molecule has 0 fully saturated rings. The van der Waals surface area contributed by atoms with E-state index in [2.05, 4.69) is 10.3 Å². The Labute approximate surface area is 147 Å². The van der Waals surface area contributed by atoms with Gasteiger partial charge in [-0.25, -0.2) is 0 Å². The summed E-state index contributed by atoms with van der Waals surface area (Å²) in [5.74, 6) is 1.37. The predicted octanol–water partition coefficient (Wildman–Crippen LogP) is 3.51. The van der Waals surface area contributed by atoms with Gasteiger partial charge in [-0.15, -0.1) is 0 Å². The van der Waals surface area contributed by atoms with Crippen molar-refractivity contribution in [3.05, 3.63) is 60.3 Å². The van der Waals surface area contributed by atoms with E-state index in [1.807, 2.05) is 49.5 Å². The normalized spacial score (nSPS) is 10.8. The largest absolute Gasteiger partial charge is 0.506 e. The van der Waals surface area contributed by atoms with Gasteiger partial charge in [0.1, 0.15) is 12.4 Å². The fraction of sp³-hybridized carbons (Fsp3) is 0.250. The molecule has 0 unspecified atom stereocenters. The number of fused-ring (bicyclic) bond motifs is 1. The van der Waals surface area contributed by atoms with Gasteiger partial charge >= 0.3 is 0 Å². The first-order chi connectivity index (χ1) is 12.3. The first-order valence-corrected chi connectivity index (χ1v) is 8.34. The number of benzene rings is 2. The highest BCUT2D eigenvalue weighted by Crippen LogP contribution is 2.37. The number of nitrogens with zero attached hydrogens (tertiary/aromatic N) is 1. The Bertz CT molecular complexity index is 822. The van der Waals surface area contributed by atoms with Gasteiger partial charge in [-0.1, -0.05) is 30.3 Å². The number of nitrogens with one attached hydrogen (secondary N) is 1. The summed E-state index contributed by atoms with van der Waals surface area (Å²) in [5, 5.41) is 13.6. The summed E-state index contributed by atoms with van der Waals surface area (Å²) in [7, 11) is 1.91. The van der Waals surface area contributed by atoms with E-state index in [0.717, 1.165) is 29.4 Å². The molecule has 1 aromatic heterocycles. The number of hydrogen-bond donors (Lipinski definition) is 2. The van der Waals surface area contributed by atoms with Crippen LogP contribution in [0.1, 0.15) is 12.0 Å². The lowest BCUT2D eigenvalue weighted by Crippen LogP contribution is -2.12. The Morgan fingerprint density at radius 2 is 1.92 bits per heavy atom. The van der Waals surface area contributed by atoms with E-state index in [0.29, 0.717) is 24.7 Å². The average molecular weight is 338 g/mol. The highest BCUT2D eigenvalue weighted by atomic mass is 16.5. The zero-order valence-electron chi connectivity index (χ0n) is 14.2. The highest BCUT2D eigenvalue weighted by Gasteiger charge is 2.12. The van der Waals surface area contributed by atoms with E-state index in [4.69, 9.17) is 9.47 Å². The molecule has 25 heavy (non-hydrogen) atoms. The molecule has 130 valence electrons. The molecular formula is C20H22N2O3. The highest BCUT2D eigenvalue weighted by molar-refractivity contribution is 5.88. The quantitative estimate of drug-likeness (QED) is 0.616. The third-order valence-corrected chi connectivity index (χ3v) is 3.82. The predicted molar refractivity (Wildman–Crippen MR) is 98.2 cm³/mol. The zero-order chi connectivity index (χ0) is 17.5. The Morgan fingerprint density at radius 1 is 1.08 bits per heavy atom. The van der Waals surface area contributed by atoms with E-state index in [1.54, 1.807) is 6.07 Å². The number of aromatic nitrogens is 1. The van der Waals surface area contributed by atoms with Crippen molar-refractivity contribution < 1.29 is 14.6 Å². The molecule has 0 aliphatic carbocycles. The van der Waals surface area contributed by atoms with Crippen molar-refractivity contribution in [2.24, 2.45) is 0 Å². The van der Waals surface area contributed by atoms with Crippen molar-refractivity contribution in [2.45, 2.75) is 13.0 Å². The average Bonchev–Trinajstić information content (AvgIpc) is 2.65. The van der Waals surface area contributed by atoms with Crippen LogP contribution in [0, 0.1) is 0 Å². The maximum atomic E-state index is 9.79. The monoisotopic (exact) mass is 338 g/mol. The summed E-state index contributed by atoms with van der Waals surface area (Å²) in [5.41, 5.74) is 1.84. The molecule has 1 heterocycles. The van der Waals surface area contributed by atoms with Crippen LogP contribution in [0.5, 0.6) is 17.2 Å². The minimum absolute atomic E-state index is 0.104. The number of pyridine rings is 1. The van der Waals surface area contributed by atoms with Crippen molar-refractivity contribution >= 4 is 10.9 Å². The maximum Gasteiger partial charge on any atom is 0.170 e. The Kier molecular flexibility index (Phi) is 5.69. The lowest BCUT2D eigenvalue weighted by Gasteiger charge is -2.15. The van der Waals surface area contributed by atoms with Crippen LogP contribution in [0.3, 0.4) is 0 Å². The summed E-state index contributed by atoms with van der Waals surface area (Å²) in [6, 6.07) is 15.4. The van der Waals surface area contributed by atoms with Crippen LogP contribution in [-0.4, -0.2) is 30.3 Å². The SMILES string of the molecule is CNCCCOc1c(OCc2ccccc2)ccc2ncc(O)cc12. The number of aromatic hydroxyl groups is 1. The molecule has 0 spiro atoms. The molecule has 0 radical (unpaired) electrons. The van der Waals surface area contributed by atoms with Gasteiger partial charge in [-0.05, 0) is 43.8 Å². The van der Waals surface area contributed by atoms with Gasteiger partial charge in [-0.2, -0.15) is 0 Å². The van der Waals surface area contributed by atoms with E-state index < -0.39 is 0 Å². The molecule has 3 rings (SSSR count). The van der Waals surface area contributed by atoms with Gasteiger partial charge in [0.2, 0.25) is 0 Å². The Morgan fingerprint density at radius 3 is 2.72 bits per heavy atom. The fourth-order valence-corrected chi connectivity index (χ4v) is 2.56. The van der Waals surface area contributed by atoms with Gasteiger partial charge < -0.3 is 19.9 Å². The second-order valence-corrected chi connectivity index (χ2v) is 5.73. The molecule has 3 aromatic rings. The summed E-state index contributed by atoms with van der Waals surface area (Å²) >= 11 is 0. The fourth-order valence-electron chi connectivity index (χ4n) is 2.56. The van der Waals surface area contributed by atoms with Gasteiger partial charge in [-0.3, -0.25) is 4.98 Å². The molecule has 0 bridgehead atoms. The van der Waals surface area contributed by atoms with Crippen LogP contribution in [0.15, 0.2) is 54.7 Å². The van der Waals surface area contributed by atoms with Crippen LogP contribution in [0.2, 0.25) is 0 Å². The Balaban J connectivity index is 1.86. The second kappa shape index (κ2) is 8.35. The number of ether oxygens (including phenoxy) is 2. The van der Waals surface area contributed by atoms with Crippen molar-refractivity contribution in [2.75, 3.05) is 20.2 Å². The maximum absolute atomic E-state index is 9.79. The molecule has 0 aliphatic rings. The summed E-state index contributed by atoms with van der Waals surface area (Å²) in [4.78, 5) is 4.25. The standard InChI is InChI=1S/C20H22N2O3/c1-21-10-5-11-24-20-17-12-16(23)13-22-18(17)8-9-19(20)25-14-15-6-3-2-4-7-15/h2-4,6-9,12-13,21,23H,5,10-11,14H2,1H3. The minimum Gasteiger partial charge on any atom is -0.506 e. The molecule has 0 atom stereocenters. The number of rotatable bonds is 8. The van der Waals surface area contributed by atoms with Crippen molar-refractivity contribution in [3.63, 3.8) is 0 Å². The van der Waals surface area contributed by atoms with Crippen LogP contribution >= 0.6 is 0 Å². The zero-order valence-corrected chi connectivity index (χ0v) is 14.2. The molecule has 2 aromatic carbocycles. The van der Waals surface area contributed by atoms with Gasteiger partial charge in [0.05, 0.1) is 18.3 Å². The van der Waals surface area contributed by atoms with E-state index >= 15 is 0 Å². The molecular weight excluding hydrogens is 316 g/mol. The van der Waals surface area contributed by atoms with E-state index in [1.165, 1.54) is 6.20 Å². The van der Waals surface area contributed by atoms with Crippen molar-refractivity contribution in [1.82, 2.24) is 10.3 Å². The van der Waals surface area contributed by atoms with Crippen molar-refractivity contribution in [1.29, 1.82) is 0 Å². The van der Waals surface area contributed by atoms with E-state index in [-0.39, 0.29) is 5.75 Å². The van der Waals surface area contributed by atoms with Gasteiger partial charge in [0.25, 0.3) is 0 Å². The lowest BCUT2D eigenvalue weighted by molar-refractivity contribution is 0.262. The molecule has 0 aliphatic heterocycles. The third kappa shape index (κ3) is 4.39. The Hall–Kier alpha value is -2.79. The van der Waals surface area contributed by atoms with Gasteiger partial charge in [0.15, 0.2) is 11.5 Å². The molecule has 2 N–H and O–H groups in total. The summed E-state index contributed by atoms with van der Waals surface area (Å²) in [6.45, 7) is 1.87. The smallest absolute Gasteiger partial charge is 0.170 e. The number of hydrogen-bond acceptors (Lipinski definition) is 5. The topological polar surface area (TPSA) is 63.6 Å². The summed E-state index contributed by atoms with van der Waals surface area (Å²) in [6.07, 6.45) is 2.30. The van der Waals surface area contributed by atoms with Crippen LogP contribution in [0.25, 0.3) is 10.9 Å². The first kappa shape index (κ1) is 17.0. The van der Waals surface area contributed by atoms with Crippen LogP contribution < -0.4 is 14.8 Å². The third-order valence-electron chi connectivity index (χ3n) is 3.82. The second-order valence-electron chi connectivity index (χ2n) is 5.73. The molecule has 5 heteroatoms. The molecule has 0 amide bonds. The first-order valence-electron chi connectivity index (χ1n) is 8.34. The van der Waals surface area contributed by atoms with Crippen LogP contribution in [-0.2, 0) is 6.61 Å². The molecule has 5 nitrogen and oxygen atoms in total. The minimum atomic E-state index is 0.104. The summed E-state index contributed by atoms with van der Waals surface area (Å²) < 4.78 is 12.0. The van der Waals surface area contributed by atoms with Crippen LogP contribution in [0.4, 0.5) is 0 Å². The van der Waals surface area contributed by atoms with Gasteiger partial charge in [0, 0.05) is 5.39 Å². The molecule has 0 saturated carbocycles. The molecule has 0 saturated heterocycles. The van der Waals surface area contributed by atoms with Crippen molar-refractivity contribution in [3.8, 4) is 17.2 Å². The van der Waals surface area contributed by atoms with E-state index in [9.17, 15) is 5.11 Å². The lowest BCUT2D eigenvalue weighted by atomic mass is 10.1.